The van der Waals surface area contributed by atoms with Gasteiger partial charge >= 0.3 is 0 Å². The van der Waals surface area contributed by atoms with Gasteiger partial charge in [0.15, 0.2) is 0 Å². The van der Waals surface area contributed by atoms with Crippen LogP contribution in [-0.2, 0) is 16.6 Å². The maximum atomic E-state index is 12.3. The first-order valence-corrected chi connectivity index (χ1v) is 8.34. The Balaban J connectivity index is 2.92. The fourth-order valence-electron chi connectivity index (χ4n) is 1.70. The van der Waals surface area contributed by atoms with Crippen LogP contribution in [-0.4, -0.2) is 39.3 Å². The summed E-state index contributed by atoms with van der Waals surface area (Å²) in [6, 6.07) is 4.27. The fraction of sp³-hybridized carbons (Fsp3) is 0.538. The zero-order chi connectivity index (χ0) is 16.0. The van der Waals surface area contributed by atoms with Gasteiger partial charge in [0.2, 0.25) is 10.0 Å². The summed E-state index contributed by atoms with van der Waals surface area (Å²) in [5.41, 5.74) is 0.764. The molecule has 0 saturated heterocycles. The molecule has 0 radical (unpaired) electrons. The molecule has 0 aliphatic carbocycles. The topological polar surface area (TPSA) is 49.4 Å². The number of hydrogen-bond acceptors (Lipinski definition) is 3. The van der Waals surface area contributed by atoms with Crippen molar-refractivity contribution in [1.29, 1.82) is 0 Å². The van der Waals surface area contributed by atoms with Crippen molar-refractivity contribution in [1.82, 2.24) is 9.62 Å². The van der Waals surface area contributed by atoms with E-state index in [0.717, 1.165) is 25.6 Å². The van der Waals surface area contributed by atoms with Gasteiger partial charge in [-0.1, -0.05) is 24.6 Å². The summed E-state index contributed by atoms with van der Waals surface area (Å²) in [6.07, 6.45) is -1.75. The molecule has 1 aromatic rings. The van der Waals surface area contributed by atoms with Crippen LogP contribution in [0.15, 0.2) is 23.1 Å². The molecule has 0 aliphatic rings. The van der Waals surface area contributed by atoms with Gasteiger partial charge in [0.25, 0.3) is 6.43 Å². The van der Waals surface area contributed by atoms with Crippen LogP contribution in [0.1, 0.15) is 18.9 Å². The van der Waals surface area contributed by atoms with E-state index in [1.165, 1.54) is 12.1 Å². The summed E-state index contributed by atoms with van der Waals surface area (Å²) in [5.74, 6) is 0. The molecule has 120 valence electrons. The molecule has 0 fully saturated rings. The molecule has 0 aliphatic heterocycles. The van der Waals surface area contributed by atoms with E-state index in [4.69, 9.17) is 11.6 Å². The second-order valence-electron chi connectivity index (χ2n) is 4.61. The number of nitrogens with zero attached hydrogens (tertiary/aromatic N) is 1. The molecule has 0 heterocycles. The van der Waals surface area contributed by atoms with Gasteiger partial charge in [0, 0.05) is 18.6 Å². The molecular weight excluding hydrogens is 322 g/mol. The lowest BCUT2D eigenvalue weighted by Gasteiger charge is -2.17. The van der Waals surface area contributed by atoms with E-state index in [9.17, 15) is 17.2 Å². The van der Waals surface area contributed by atoms with E-state index in [0.29, 0.717) is 15.9 Å². The average molecular weight is 341 g/mol. The van der Waals surface area contributed by atoms with E-state index in [-0.39, 0.29) is 4.90 Å². The second kappa shape index (κ2) is 8.03. The fourth-order valence-corrected chi connectivity index (χ4v) is 3.19. The summed E-state index contributed by atoms with van der Waals surface area (Å²) in [7, 11) is -2.83. The zero-order valence-electron chi connectivity index (χ0n) is 11.9. The van der Waals surface area contributed by atoms with Crippen LogP contribution in [0.3, 0.4) is 0 Å². The van der Waals surface area contributed by atoms with E-state index < -0.39 is 23.0 Å². The first kappa shape index (κ1) is 18.3. The molecule has 0 spiro atoms. The summed E-state index contributed by atoms with van der Waals surface area (Å²) in [6.45, 7) is 2.54. The Morgan fingerprint density at radius 1 is 1.38 bits per heavy atom. The Kier molecular flexibility index (Phi) is 6.99. The van der Waals surface area contributed by atoms with Crippen molar-refractivity contribution in [3.8, 4) is 0 Å². The van der Waals surface area contributed by atoms with Crippen molar-refractivity contribution in [2.24, 2.45) is 0 Å². The number of hydrogen-bond donors (Lipinski definition) is 1. The largest absolute Gasteiger partial charge is 0.313 e. The number of alkyl halides is 2. The first-order chi connectivity index (χ1) is 9.78. The highest BCUT2D eigenvalue weighted by molar-refractivity contribution is 7.89. The highest BCUT2D eigenvalue weighted by Gasteiger charge is 2.24. The van der Waals surface area contributed by atoms with E-state index in [2.05, 4.69) is 5.32 Å². The Labute approximate surface area is 129 Å². The quantitative estimate of drug-likeness (QED) is 0.740. The maximum Gasteiger partial charge on any atom is 0.252 e. The molecule has 0 unspecified atom stereocenters. The van der Waals surface area contributed by atoms with Crippen molar-refractivity contribution in [3.05, 3.63) is 28.8 Å². The number of rotatable bonds is 8. The average Bonchev–Trinajstić information content (AvgIpc) is 2.39. The van der Waals surface area contributed by atoms with E-state index in [1.54, 1.807) is 6.07 Å². The van der Waals surface area contributed by atoms with Gasteiger partial charge < -0.3 is 5.32 Å². The minimum atomic E-state index is -3.95. The van der Waals surface area contributed by atoms with Gasteiger partial charge in [-0.15, -0.1) is 0 Å². The van der Waals surface area contributed by atoms with Crippen molar-refractivity contribution in [3.63, 3.8) is 0 Å². The Morgan fingerprint density at radius 2 is 2.05 bits per heavy atom. The standard InChI is InChI=1S/C13H19ClF2N2O2S/c1-3-6-17-8-10-4-5-11(7-12(10)14)21(19,20)18(2)9-13(15)16/h4-5,7,13,17H,3,6,8-9H2,1-2H3. The normalized spacial score (nSPS) is 12.3. The van der Waals surface area contributed by atoms with Crippen LogP contribution in [0.5, 0.6) is 0 Å². The summed E-state index contributed by atoms with van der Waals surface area (Å²) < 4.78 is 49.5. The SMILES string of the molecule is CCCNCc1ccc(S(=O)(=O)N(C)CC(F)F)cc1Cl. The number of halogens is 3. The Bertz CT molecular complexity index is 567. The molecule has 0 saturated carbocycles. The zero-order valence-corrected chi connectivity index (χ0v) is 13.5. The molecule has 4 nitrogen and oxygen atoms in total. The lowest BCUT2D eigenvalue weighted by Crippen LogP contribution is -2.31. The predicted octanol–water partition coefficient (Wildman–Crippen LogP) is 2.73. The third-order valence-corrected chi connectivity index (χ3v) is 5.04. The van der Waals surface area contributed by atoms with Gasteiger partial charge in [0.05, 0.1) is 11.4 Å². The van der Waals surface area contributed by atoms with Gasteiger partial charge in [-0.05, 0) is 30.7 Å². The molecule has 1 N–H and O–H groups in total. The third-order valence-electron chi connectivity index (χ3n) is 2.87. The number of sulfonamides is 1. The predicted molar refractivity (Wildman–Crippen MR) is 79.3 cm³/mol. The van der Waals surface area contributed by atoms with E-state index >= 15 is 0 Å². The van der Waals surface area contributed by atoms with Crippen LogP contribution in [0.4, 0.5) is 8.78 Å². The molecule has 0 amide bonds. The Morgan fingerprint density at radius 3 is 2.57 bits per heavy atom. The molecular formula is C13H19ClF2N2O2S. The van der Waals surface area contributed by atoms with Crippen LogP contribution < -0.4 is 5.32 Å². The highest BCUT2D eigenvalue weighted by atomic mass is 35.5. The van der Waals surface area contributed by atoms with Crippen molar-refractivity contribution < 1.29 is 17.2 Å². The first-order valence-electron chi connectivity index (χ1n) is 6.52. The molecule has 0 bridgehead atoms. The molecule has 0 aromatic heterocycles. The van der Waals surface area contributed by atoms with Gasteiger partial charge in [-0.25, -0.2) is 17.2 Å². The van der Waals surface area contributed by atoms with Crippen molar-refractivity contribution in [2.45, 2.75) is 31.2 Å². The molecule has 0 atom stereocenters. The van der Waals surface area contributed by atoms with Crippen LogP contribution in [0.2, 0.25) is 5.02 Å². The van der Waals surface area contributed by atoms with E-state index in [1.807, 2.05) is 6.92 Å². The molecule has 21 heavy (non-hydrogen) atoms. The van der Waals surface area contributed by atoms with Crippen LogP contribution >= 0.6 is 11.6 Å². The van der Waals surface area contributed by atoms with Crippen molar-refractivity contribution >= 4 is 21.6 Å². The minimum absolute atomic E-state index is 0.0881. The number of nitrogens with one attached hydrogen (secondary N) is 1. The maximum absolute atomic E-state index is 12.3. The minimum Gasteiger partial charge on any atom is -0.313 e. The number of benzene rings is 1. The van der Waals surface area contributed by atoms with Gasteiger partial charge in [-0.3, -0.25) is 0 Å². The van der Waals surface area contributed by atoms with Crippen LogP contribution in [0, 0.1) is 0 Å². The molecule has 8 heteroatoms. The summed E-state index contributed by atoms with van der Waals surface area (Å²) in [5, 5.41) is 3.45. The van der Waals surface area contributed by atoms with Gasteiger partial charge in [-0.2, -0.15) is 4.31 Å². The monoisotopic (exact) mass is 340 g/mol. The second-order valence-corrected chi connectivity index (χ2v) is 7.06. The lowest BCUT2D eigenvalue weighted by molar-refractivity contribution is 0.126. The summed E-state index contributed by atoms with van der Waals surface area (Å²) >= 11 is 6.05. The highest BCUT2D eigenvalue weighted by Crippen LogP contribution is 2.23. The van der Waals surface area contributed by atoms with Gasteiger partial charge in [0.1, 0.15) is 0 Å². The molecule has 1 aromatic carbocycles. The van der Waals surface area contributed by atoms with Crippen molar-refractivity contribution in [2.75, 3.05) is 20.1 Å². The summed E-state index contributed by atoms with van der Waals surface area (Å²) in [4.78, 5) is -0.0881. The lowest BCUT2D eigenvalue weighted by atomic mass is 10.2. The third kappa shape index (κ3) is 5.18. The Hall–Kier alpha value is -0.760. The molecule has 1 rings (SSSR count). The smallest absolute Gasteiger partial charge is 0.252 e. The van der Waals surface area contributed by atoms with Crippen LogP contribution in [0.25, 0.3) is 0 Å².